The van der Waals surface area contributed by atoms with Crippen LogP contribution < -0.4 is 0 Å². The number of halogens is 1. The second kappa shape index (κ2) is 5.21. The van der Waals surface area contributed by atoms with E-state index in [1.165, 1.54) is 12.1 Å². The summed E-state index contributed by atoms with van der Waals surface area (Å²) in [6.07, 6.45) is 0. The predicted molar refractivity (Wildman–Crippen MR) is 49.7 cm³/mol. The largest absolute Gasteiger partial charge is 0.294 e. The monoisotopic (exact) mass is 275 g/mol. The van der Waals surface area contributed by atoms with Crippen LogP contribution in [-0.4, -0.2) is 64.4 Å². The summed E-state index contributed by atoms with van der Waals surface area (Å²) >= 11 is 3.14. The van der Waals surface area contributed by atoms with Gasteiger partial charge in [0.1, 0.15) is 0 Å². The van der Waals surface area contributed by atoms with Gasteiger partial charge >= 0.3 is 0 Å². The van der Waals surface area contributed by atoms with Crippen LogP contribution in [-0.2, 0) is 10.1 Å². The Kier molecular flexibility index (Phi) is 5.75. The van der Waals surface area contributed by atoms with Gasteiger partial charge in [-0.3, -0.25) is 4.55 Å². The SMILES string of the molecule is O=S(=O)(O)c1ccc(Br)cc1.[K]. The smallest absolute Gasteiger partial charge is 0.282 e. The molecule has 3 nitrogen and oxygen atoms in total. The maximum absolute atomic E-state index is 10.5. The summed E-state index contributed by atoms with van der Waals surface area (Å²) in [5.74, 6) is 0. The van der Waals surface area contributed by atoms with E-state index in [4.69, 9.17) is 4.55 Å². The van der Waals surface area contributed by atoms with Crippen LogP contribution in [0.1, 0.15) is 0 Å². The zero-order valence-electron chi connectivity index (χ0n) is 6.36. The summed E-state index contributed by atoms with van der Waals surface area (Å²) in [5.41, 5.74) is 0. The van der Waals surface area contributed by atoms with Crippen LogP contribution in [0.15, 0.2) is 33.6 Å². The van der Waals surface area contributed by atoms with Crippen molar-refractivity contribution in [2.45, 2.75) is 4.90 Å². The molecule has 1 radical (unpaired) electrons. The van der Waals surface area contributed by atoms with Crippen LogP contribution in [0.25, 0.3) is 0 Å². The Labute approximate surface area is 122 Å². The van der Waals surface area contributed by atoms with Crippen molar-refractivity contribution in [3.8, 4) is 0 Å². The molecule has 0 aliphatic heterocycles. The van der Waals surface area contributed by atoms with E-state index in [1.54, 1.807) is 12.1 Å². The first-order chi connectivity index (χ1) is 5.00. The number of hydrogen-bond acceptors (Lipinski definition) is 2. The Morgan fingerprint density at radius 2 is 1.58 bits per heavy atom. The Morgan fingerprint density at radius 1 is 1.17 bits per heavy atom. The fourth-order valence-corrected chi connectivity index (χ4v) is 1.35. The normalized spacial score (nSPS) is 10.5. The molecule has 0 heterocycles. The molecule has 0 amide bonds. The van der Waals surface area contributed by atoms with Crippen molar-refractivity contribution in [1.29, 1.82) is 0 Å². The quantitative estimate of drug-likeness (QED) is 0.621. The van der Waals surface area contributed by atoms with Crippen LogP contribution >= 0.6 is 15.9 Å². The number of hydrogen-bond donors (Lipinski definition) is 1. The Morgan fingerprint density at radius 3 is 1.92 bits per heavy atom. The molecule has 1 N–H and O–H groups in total. The number of benzene rings is 1. The predicted octanol–water partition coefficient (Wildman–Crippen LogP) is 1.32. The summed E-state index contributed by atoms with van der Waals surface area (Å²) in [7, 11) is -4.04. The molecule has 0 aliphatic rings. The van der Waals surface area contributed by atoms with E-state index in [0.717, 1.165) is 4.47 Å². The van der Waals surface area contributed by atoms with Gasteiger partial charge in [0.15, 0.2) is 0 Å². The molecular formula is C6H5BrKO3S. The molecule has 0 unspecified atom stereocenters. The van der Waals surface area contributed by atoms with Gasteiger partial charge in [-0.1, -0.05) is 15.9 Å². The van der Waals surface area contributed by atoms with Gasteiger partial charge in [0, 0.05) is 55.9 Å². The van der Waals surface area contributed by atoms with Gasteiger partial charge in [0.2, 0.25) is 0 Å². The summed E-state index contributed by atoms with van der Waals surface area (Å²) in [4.78, 5) is -0.0966. The maximum Gasteiger partial charge on any atom is 0.294 e. The molecule has 0 spiro atoms. The summed E-state index contributed by atoms with van der Waals surface area (Å²) in [5, 5.41) is 0. The van der Waals surface area contributed by atoms with E-state index < -0.39 is 10.1 Å². The van der Waals surface area contributed by atoms with Crippen molar-refractivity contribution in [1.82, 2.24) is 0 Å². The van der Waals surface area contributed by atoms with Crippen LogP contribution in [0.5, 0.6) is 0 Å². The maximum atomic E-state index is 10.5. The second-order valence-electron chi connectivity index (χ2n) is 1.93. The molecule has 12 heavy (non-hydrogen) atoms. The van der Waals surface area contributed by atoms with Gasteiger partial charge in [-0.05, 0) is 24.3 Å². The van der Waals surface area contributed by atoms with E-state index in [-0.39, 0.29) is 56.3 Å². The molecule has 6 heteroatoms. The molecule has 0 saturated carbocycles. The zero-order chi connectivity index (χ0) is 8.48. The fraction of sp³-hybridized carbons (Fsp3) is 0. The molecule has 1 aromatic carbocycles. The first-order valence-electron chi connectivity index (χ1n) is 2.73. The van der Waals surface area contributed by atoms with Crippen molar-refractivity contribution in [3.63, 3.8) is 0 Å². The molecule has 0 aliphatic carbocycles. The van der Waals surface area contributed by atoms with E-state index in [1.807, 2.05) is 0 Å². The minimum absolute atomic E-state index is 0. The molecule has 0 bridgehead atoms. The van der Waals surface area contributed by atoms with Crippen molar-refractivity contribution < 1.29 is 13.0 Å². The van der Waals surface area contributed by atoms with Gasteiger partial charge in [-0.2, -0.15) is 8.42 Å². The first kappa shape index (κ1) is 13.2. The Hall–Kier alpha value is 1.25. The van der Waals surface area contributed by atoms with Crippen molar-refractivity contribution in [2.24, 2.45) is 0 Å². The van der Waals surface area contributed by atoms with Crippen molar-refractivity contribution in [3.05, 3.63) is 28.7 Å². The van der Waals surface area contributed by atoms with E-state index in [0.29, 0.717) is 0 Å². The first-order valence-corrected chi connectivity index (χ1v) is 4.96. The van der Waals surface area contributed by atoms with Crippen molar-refractivity contribution in [2.75, 3.05) is 0 Å². The molecule has 1 rings (SSSR count). The Bertz CT molecular complexity index is 346. The zero-order valence-corrected chi connectivity index (χ0v) is 11.9. The molecular weight excluding hydrogens is 271 g/mol. The van der Waals surface area contributed by atoms with Crippen LogP contribution in [0.3, 0.4) is 0 Å². The molecule has 1 aromatic rings. The molecule has 61 valence electrons. The number of rotatable bonds is 1. The topological polar surface area (TPSA) is 54.4 Å². The third-order valence-corrected chi connectivity index (χ3v) is 2.51. The average Bonchev–Trinajstić information content (AvgIpc) is 1.86. The summed E-state index contributed by atoms with van der Waals surface area (Å²) < 4.78 is 30.3. The van der Waals surface area contributed by atoms with Crippen LogP contribution in [0.2, 0.25) is 0 Å². The summed E-state index contributed by atoms with van der Waals surface area (Å²) in [6, 6.07) is 5.73. The Balaban J connectivity index is 0.00000121. The summed E-state index contributed by atoms with van der Waals surface area (Å²) in [6.45, 7) is 0. The molecule has 0 atom stereocenters. The van der Waals surface area contributed by atoms with Crippen LogP contribution in [0.4, 0.5) is 0 Å². The fourth-order valence-electron chi connectivity index (χ4n) is 0.607. The average molecular weight is 276 g/mol. The van der Waals surface area contributed by atoms with Crippen molar-refractivity contribution >= 4 is 77.4 Å². The van der Waals surface area contributed by atoms with Crippen LogP contribution in [0, 0.1) is 0 Å². The van der Waals surface area contributed by atoms with E-state index in [2.05, 4.69) is 15.9 Å². The minimum Gasteiger partial charge on any atom is -0.282 e. The molecule has 0 aromatic heterocycles. The van der Waals surface area contributed by atoms with Gasteiger partial charge < -0.3 is 0 Å². The van der Waals surface area contributed by atoms with E-state index >= 15 is 0 Å². The standard InChI is InChI=1S/C6H5BrO3S.K/c7-5-1-3-6(4-2-5)11(8,9)10;/h1-4H,(H,8,9,10);. The minimum atomic E-state index is -4.04. The van der Waals surface area contributed by atoms with Gasteiger partial charge in [-0.25, -0.2) is 0 Å². The molecule has 0 fully saturated rings. The van der Waals surface area contributed by atoms with E-state index in [9.17, 15) is 8.42 Å². The third kappa shape index (κ3) is 3.97. The van der Waals surface area contributed by atoms with Gasteiger partial charge in [0.05, 0.1) is 4.90 Å². The van der Waals surface area contributed by atoms with Gasteiger partial charge in [-0.15, -0.1) is 0 Å². The molecule has 0 saturated heterocycles. The third-order valence-electron chi connectivity index (χ3n) is 1.11. The second-order valence-corrected chi connectivity index (χ2v) is 4.27. The van der Waals surface area contributed by atoms with Gasteiger partial charge in [0.25, 0.3) is 10.1 Å².